The van der Waals surface area contributed by atoms with Crippen LogP contribution < -0.4 is 4.74 Å². The second-order valence-corrected chi connectivity index (χ2v) is 3.29. The van der Waals surface area contributed by atoms with Gasteiger partial charge in [-0.15, -0.1) is 0 Å². The van der Waals surface area contributed by atoms with Crippen molar-refractivity contribution in [3.8, 4) is 5.75 Å². The molecule has 0 saturated carbocycles. The molecule has 76 valence electrons. The van der Waals surface area contributed by atoms with E-state index in [1.807, 2.05) is 13.8 Å². The van der Waals surface area contributed by atoms with Crippen molar-refractivity contribution in [3.63, 3.8) is 0 Å². The fraction of sp³-hybridized carbons (Fsp3) is 0.364. The number of halogens is 1. The summed E-state index contributed by atoms with van der Waals surface area (Å²) >= 11 is 0. The molecule has 1 aromatic rings. The van der Waals surface area contributed by atoms with Gasteiger partial charge in [0.25, 0.3) is 0 Å². The van der Waals surface area contributed by atoms with Crippen molar-refractivity contribution in [2.75, 3.05) is 0 Å². The Morgan fingerprint density at radius 1 is 1.50 bits per heavy atom. The van der Waals surface area contributed by atoms with Crippen LogP contribution in [0.2, 0.25) is 0 Å². The quantitative estimate of drug-likeness (QED) is 0.691. The summed E-state index contributed by atoms with van der Waals surface area (Å²) in [7, 11) is 0. The van der Waals surface area contributed by atoms with Crippen molar-refractivity contribution in [2.24, 2.45) is 0 Å². The van der Waals surface area contributed by atoms with E-state index in [1.165, 1.54) is 12.1 Å². The maximum absolute atomic E-state index is 12.9. The molecule has 0 aliphatic rings. The third-order valence-electron chi connectivity index (χ3n) is 1.70. The van der Waals surface area contributed by atoms with E-state index in [2.05, 4.69) is 0 Å². The Balaban J connectivity index is 2.96. The smallest absolute Gasteiger partial charge is 0.126 e. The van der Waals surface area contributed by atoms with Gasteiger partial charge in [0, 0.05) is 18.1 Å². The first kappa shape index (κ1) is 10.7. The van der Waals surface area contributed by atoms with Gasteiger partial charge in [0.1, 0.15) is 17.9 Å². The molecule has 0 heterocycles. The summed E-state index contributed by atoms with van der Waals surface area (Å²) in [6.45, 7) is 3.71. The Labute approximate surface area is 82.7 Å². The molecule has 0 aliphatic heterocycles. The van der Waals surface area contributed by atoms with Gasteiger partial charge in [-0.1, -0.05) is 6.07 Å². The maximum Gasteiger partial charge on any atom is 0.126 e. The summed E-state index contributed by atoms with van der Waals surface area (Å²) in [6.07, 6.45) is 1.00. The number of benzene rings is 1. The lowest BCUT2D eigenvalue weighted by atomic mass is 10.1. The van der Waals surface area contributed by atoms with E-state index >= 15 is 0 Å². The summed E-state index contributed by atoms with van der Waals surface area (Å²) in [5.41, 5.74) is 0.718. The van der Waals surface area contributed by atoms with Crippen LogP contribution in [0, 0.1) is 5.82 Å². The second kappa shape index (κ2) is 4.74. The number of carbonyl (C=O) groups excluding carboxylic acids is 1. The van der Waals surface area contributed by atoms with Crippen LogP contribution >= 0.6 is 0 Å². The zero-order valence-corrected chi connectivity index (χ0v) is 8.29. The first-order valence-corrected chi connectivity index (χ1v) is 4.52. The largest absolute Gasteiger partial charge is 0.491 e. The summed E-state index contributed by atoms with van der Waals surface area (Å²) in [5, 5.41) is 0. The highest BCUT2D eigenvalue weighted by Crippen LogP contribution is 2.21. The number of hydrogen-bond acceptors (Lipinski definition) is 2. The predicted molar refractivity (Wildman–Crippen MR) is 51.9 cm³/mol. The van der Waals surface area contributed by atoms with Gasteiger partial charge in [0.15, 0.2) is 0 Å². The summed E-state index contributed by atoms with van der Waals surface area (Å²) in [4.78, 5) is 10.3. The molecule has 0 amide bonds. The molecule has 0 fully saturated rings. The van der Waals surface area contributed by atoms with Crippen LogP contribution in [0.4, 0.5) is 4.39 Å². The Hall–Kier alpha value is -1.38. The SMILES string of the molecule is CC(C)Oc1cc(F)ccc1CC=O. The Morgan fingerprint density at radius 3 is 2.79 bits per heavy atom. The maximum atomic E-state index is 12.9. The van der Waals surface area contributed by atoms with Crippen LogP contribution in [0.25, 0.3) is 0 Å². The van der Waals surface area contributed by atoms with Crippen LogP contribution in [-0.2, 0) is 11.2 Å². The molecule has 3 heteroatoms. The van der Waals surface area contributed by atoms with Gasteiger partial charge in [-0.3, -0.25) is 0 Å². The van der Waals surface area contributed by atoms with Gasteiger partial charge >= 0.3 is 0 Å². The van der Waals surface area contributed by atoms with Crippen molar-refractivity contribution in [3.05, 3.63) is 29.6 Å². The molecule has 0 saturated heterocycles. The lowest BCUT2D eigenvalue weighted by Crippen LogP contribution is -2.08. The highest BCUT2D eigenvalue weighted by atomic mass is 19.1. The molecule has 1 aromatic carbocycles. The highest BCUT2D eigenvalue weighted by molar-refractivity contribution is 5.57. The first-order chi connectivity index (χ1) is 6.63. The monoisotopic (exact) mass is 196 g/mol. The average molecular weight is 196 g/mol. The van der Waals surface area contributed by atoms with Crippen molar-refractivity contribution in [1.29, 1.82) is 0 Å². The van der Waals surface area contributed by atoms with Gasteiger partial charge in [0.05, 0.1) is 6.10 Å². The zero-order valence-electron chi connectivity index (χ0n) is 8.29. The normalized spacial score (nSPS) is 10.3. The molecular weight excluding hydrogens is 183 g/mol. The minimum Gasteiger partial charge on any atom is -0.491 e. The predicted octanol–water partition coefficient (Wildman–Crippen LogP) is 2.35. The van der Waals surface area contributed by atoms with Gasteiger partial charge in [-0.2, -0.15) is 0 Å². The van der Waals surface area contributed by atoms with Crippen LogP contribution in [0.15, 0.2) is 18.2 Å². The lowest BCUT2D eigenvalue weighted by Gasteiger charge is -2.12. The molecule has 14 heavy (non-hydrogen) atoms. The van der Waals surface area contributed by atoms with Crippen LogP contribution in [-0.4, -0.2) is 12.4 Å². The van der Waals surface area contributed by atoms with E-state index in [0.717, 1.165) is 11.8 Å². The van der Waals surface area contributed by atoms with E-state index in [0.29, 0.717) is 5.75 Å². The molecule has 0 bridgehead atoms. The van der Waals surface area contributed by atoms with E-state index in [4.69, 9.17) is 4.74 Å². The minimum atomic E-state index is -0.352. The van der Waals surface area contributed by atoms with Gasteiger partial charge in [-0.25, -0.2) is 4.39 Å². The standard InChI is InChI=1S/C11H13FO2/c1-8(2)14-11-7-10(12)4-3-9(11)5-6-13/h3-4,6-8H,5H2,1-2H3. The van der Waals surface area contributed by atoms with Gasteiger partial charge in [0.2, 0.25) is 0 Å². The molecule has 0 unspecified atom stereocenters. The number of ether oxygens (including phenoxy) is 1. The molecule has 0 aliphatic carbocycles. The molecular formula is C11H13FO2. The van der Waals surface area contributed by atoms with E-state index < -0.39 is 0 Å². The van der Waals surface area contributed by atoms with Crippen LogP contribution in [0.3, 0.4) is 0 Å². The van der Waals surface area contributed by atoms with E-state index in [9.17, 15) is 9.18 Å². The van der Waals surface area contributed by atoms with Crippen LogP contribution in [0.5, 0.6) is 5.75 Å². The van der Waals surface area contributed by atoms with Crippen LogP contribution in [0.1, 0.15) is 19.4 Å². The van der Waals surface area contributed by atoms with Gasteiger partial charge in [-0.05, 0) is 19.9 Å². The molecule has 0 aromatic heterocycles. The Bertz CT molecular complexity index is 321. The minimum absolute atomic E-state index is 0.0257. The van der Waals surface area contributed by atoms with Crippen molar-refractivity contribution < 1.29 is 13.9 Å². The number of aldehydes is 1. The fourth-order valence-corrected chi connectivity index (χ4v) is 1.15. The molecule has 0 N–H and O–H groups in total. The second-order valence-electron chi connectivity index (χ2n) is 3.29. The summed E-state index contributed by atoms with van der Waals surface area (Å²) < 4.78 is 18.2. The first-order valence-electron chi connectivity index (χ1n) is 4.52. The van der Waals surface area contributed by atoms with Gasteiger partial charge < -0.3 is 9.53 Å². The lowest BCUT2D eigenvalue weighted by molar-refractivity contribution is -0.107. The number of carbonyl (C=O) groups is 1. The number of hydrogen-bond donors (Lipinski definition) is 0. The average Bonchev–Trinajstić information content (AvgIpc) is 2.09. The highest BCUT2D eigenvalue weighted by Gasteiger charge is 2.06. The van der Waals surface area contributed by atoms with E-state index in [-0.39, 0.29) is 18.3 Å². The fourth-order valence-electron chi connectivity index (χ4n) is 1.15. The number of rotatable bonds is 4. The third-order valence-corrected chi connectivity index (χ3v) is 1.70. The molecule has 2 nitrogen and oxygen atoms in total. The topological polar surface area (TPSA) is 26.3 Å². The molecule has 0 radical (unpaired) electrons. The molecule has 1 rings (SSSR count). The van der Waals surface area contributed by atoms with Crippen molar-refractivity contribution in [1.82, 2.24) is 0 Å². The summed E-state index contributed by atoms with van der Waals surface area (Å²) in [6, 6.07) is 4.20. The Morgan fingerprint density at radius 2 is 2.21 bits per heavy atom. The third kappa shape index (κ3) is 2.83. The Kier molecular flexibility index (Phi) is 3.63. The molecule has 0 spiro atoms. The van der Waals surface area contributed by atoms with Crippen molar-refractivity contribution in [2.45, 2.75) is 26.4 Å². The van der Waals surface area contributed by atoms with E-state index in [1.54, 1.807) is 6.07 Å². The van der Waals surface area contributed by atoms with Crippen molar-refractivity contribution >= 4 is 6.29 Å². The molecule has 0 atom stereocenters. The summed E-state index contributed by atoms with van der Waals surface area (Å²) in [5.74, 6) is 0.0994. The zero-order chi connectivity index (χ0) is 10.6.